The highest BCUT2D eigenvalue weighted by atomic mass is 16.5. The zero-order valence-electron chi connectivity index (χ0n) is 20.0. The van der Waals surface area contributed by atoms with E-state index in [-0.39, 0.29) is 6.42 Å². The van der Waals surface area contributed by atoms with Crippen molar-refractivity contribution in [2.24, 2.45) is 5.73 Å². The fourth-order valence-corrected chi connectivity index (χ4v) is 4.33. The van der Waals surface area contributed by atoms with Crippen LogP contribution in [0.25, 0.3) is 22.2 Å². The van der Waals surface area contributed by atoms with Gasteiger partial charge in [0.15, 0.2) is 5.82 Å². The largest absolute Gasteiger partial charge is 0.480 e. The molecule has 1 aromatic heterocycles. The van der Waals surface area contributed by atoms with Crippen LogP contribution in [0.4, 0.5) is 5.95 Å². The van der Waals surface area contributed by atoms with Crippen LogP contribution in [0, 0.1) is 0 Å². The van der Waals surface area contributed by atoms with Gasteiger partial charge in [-0.3, -0.25) is 4.79 Å². The van der Waals surface area contributed by atoms with E-state index >= 15 is 0 Å². The lowest BCUT2D eigenvalue weighted by Gasteiger charge is -2.27. The molecule has 8 heteroatoms. The monoisotopic (exact) mass is 483 g/mol. The van der Waals surface area contributed by atoms with Crippen molar-refractivity contribution >= 4 is 22.7 Å². The summed E-state index contributed by atoms with van der Waals surface area (Å²) in [5, 5.41) is 11.5. The van der Waals surface area contributed by atoms with Gasteiger partial charge in [-0.1, -0.05) is 66.7 Å². The lowest BCUT2D eigenvalue weighted by Crippen LogP contribution is -2.37. The van der Waals surface area contributed by atoms with Gasteiger partial charge in [-0.05, 0) is 34.7 Å². The number of anilines is 1. The fraction of sp³-hybridized carbons (Fsp3) is 0.286. The van der Waals surface area contributed by atoms with Gasteiger partial charge in [0.25, 0.3) is 0 Å². The number of aliphatic carboxylic acids is 1. The lowest BCUT2D eigenvalue weighted by molar-refractivity contribution is -0.138. The fourth-order valence-electron chi connectivity index (χ4n) is 4.33. The molecule has 0 radical (unpaired) electrons. The molecule has 2 heterocycles. The number of aromatic nitrogens is 3. The van der Waals surface area contributed by atoms with Gasteiger partial charge >= 0.3 is 5.97 Å². The van der Waals surface area contributed by atoms with Crippen molar-refractivity contribution in [2.45, 2.75) is 25.3 Å². The van der Waals surface area contributed by atoms with Crippen molar-refractivity contribution in [3.63, 3.8) is 0 Å². The summed E-state index contributed by atoms with van der Waals surface area (Å²) in [4.78, 5) is 27.6. The number of carboxylic acid groups (broad SMARTS) is 1. The molecule has 0 amide bonds. The minimum atomic E-state index is -1.01. The number of morpholine rings is 1. The first-order valence-electron chi connectivity index (χ1n) is 12.2. The normalized spacial score (nSPS) is 14.6. The molecular formula is C28H29N5O3. The molecule has 0 unspecified atom stereocenters. The predicted molar refractivity (Wildman–Crippen MR) is 139 cm³/mol. The van der Waals surface area contributed by atoms with Crippen LogP contribution >= 0.6 is 0 Å². The maximum atomic E-state index is 11.1. The van der Waals surface area contributed by atoms with Crippen LogP contribution in [0.15, 0.2) is 66.7 Å². The Labute approximate surface area is 209 Å². The van der Waals surface area contributed by atoms with Gasteiger partial charge in [-0.15, -0.1) is 0 Å². The van der Waals surface area contributed by atoms with Crippen LogP contribution in [0.2, 0.25) is 0 Å². The molecular weight excluding hydrogens is 454 g/mol. The van der Waals surface area contributed by atoms with Crippen LogP contribution < -0.4 is 10.6 Å². The average molecular weight is 484 g/mol. The van der Waals surface area contributed by atoms with Gasteiger partial charge in [0.1, 0.15) is 11.9 Å². The van der Waals surface area contributed by atoms with Gasteiger partial charge in [0.05, 0.1) is 13.2 Å². The van der Waals surface area contributed by atoms with E-state index in [1.807, 2.05) is 24.3 Å². The number of carboxylic acids is 1. The summed E-state index contributed by atoms with van der Waals surface area (Å²) in [6, 6.07) is 21.5. The van der Waals surface area contributed by atoms with E-state index in [2.05, 4.69) is 47.4 Å². The first-order chi connectivity index (χ1) is 17.5. The second kappa shape index (κ2) is 10.8. The molecule has 1 aliphatic rings. The lowest BCUT2D eigenvalue weighted by atomic mass is 10.0. The molecule has 4 aromatic rings. The Hall–Kier alpha value is -3.88. The van der Waals surface area contributed by atoms with Gasteiger partial charge in [0, 0.05) is 25.1 Å². The van der Waals surface area contributed by atoms with Crippen LogP contribution in [-0.2, 0) is 28.8 Å². The highest BCUT2D eigenvalue weighted by molar-refractivity contribution is 5.83. The number of hydrogen-bond donors (Lipinski definition) is 2. The van der Waals surface area contributed by atoms with Crippen molar-refractivity contribution in [2.75, 3.05) is 31.2 Å². The standard InChI is InChI=1S/C28H29N5O3/c29-24(27(34)35)18-20-6-10-22(11-7-20)26-30-25(31-28(32-26)33-13-15-36-16-14-33)12-8-19-5-9-21-3-1-2-4-23(21)17-19/h1-7,9-11,17,24H,8,12-16,18,29H2,(H,34,35)/t24-/m0/s1. The van der Waals surface area contributed by atoms with E-state index in [4.69, 9.17) is 30.5 Å². The van der Waals surface area contributed by atoms with E-state index in [0.29, 0.717) is 31.4 Å². The first-order valence-corrected chi connectivity index (χ1v) is 12.2. The minimum Gasteiger partial charge on any atom is -0.480 e. The Morgan fingerprint density at radius 2 is 1.64 bits per heavy atom. The first kappa shape index (κ1) is 23.8. The highest BCUT2D eigenvalue weighted by Gasteiger charge is 2.18. The van der Waals surface area contributed by atoms with Crippen LogP contribution in [-0.4, -0.2) is 58.4 Å². The molecule has 1 fully saturated rings. The van der Waals surface area contributed by atoms with Crippen molar-refractivity contribution in [1.29, 1.82) is 0 Å². The SMILES string of the molecule is N[C@@H](Cc1ccc(-c2nc(CCc3ccc4ccccc4c3)nc(N3CCOCC3)n2)cc1)C(=O)O. The number of nitrogens with two attached hydrogens (primary N) is 1. The number of benzene rings is 3. The van der Waals surface area contributed by atoms with E-state index in [0.717, 1.165) is 36.5 Å². The predicted octanol–water partition coefficient (Wildman–Crippen LogP) is 3.27. The van der Waals surface area contributed by atoms with Crippen molar-refractivity contribution in [3.05, 3.63) is 83.7 Å². The summed E-state index contributed by atoms with van der Waals surface area (Å²) in [5.41, 5.74) is 8.63. The number of carbonyl (C=O) groups is 1. The molecule has 5 rings (SSSR count). The smallest absolute Gasteiger partial charge is 0.320 e. The summed E-state index contributed by atoms with van der Waals surface area (Å²) in [7, 11) is 0. The Morgan fingerprint density at radius 1 is 0.917 bits per heavy atom. The molecule has 0 aliphatic carbocycles. The second-order valence-electron chi connectivity index (χ2n) is 9.00. The number of aryl methyl sites for hydroxylation is 2. The van der Waals surface area contributed by atoms with Gasteiger partial charge < -0.3 is 20.5 Å². The maximum Gasteiger partial charge on any atom is 0.320 e. The molecule has 0 bridgehead atoms. The third-order valence-electron chi connectivity index (χ3n) is 6.40. The van der Waals surface area contributed by atoms with Gasteiger partial charge in [-0.2, -0.15) is 9.97 Å². The van der Waals surface area contributed by atoms with Crippen molar-refractivity contribution in [1.82, 2.24) is 15.0 Å². The highest BCUT2D eigenvalue weighted by Crippen LogP contribution is 2.22. The Bertz CT molecular complexity index is 1350. The third kappa shape index (κ3) is 5.67. The molecule has 8 nitrogen and oxygen atoms in total. The van der Waals surface area contributed by atoms with E-state index in [1.165, 1.54) is 16.3 Å². The summed E-state index contributed by atoms with van der Waals surface area (Å²) in [6.07, 6.45) is 1.78. The third-order valence-corrected chi connectivity index (χ3v) is 6.40. The van der Waals surface area contributed by atoms with E-state index in [9.17, 15) is 4.79 Å². The number of fused-ring (bicyclic) bond motifs is 1. The number of ether oxygens (including phenoxy) is 1. The molecule has 0 saturated carbocycles. The van der Waals surface area contributed by atoms with Crippen LogP contribution in [0.5, 0.6) is 0 Å². The van der Waals surface area contributed by atoms with E-state index < -0.39 is 12.0 Å². The summed E-state index contributed by atoms with van der Waals surface area (Å²) >= 11 is 0. The second-order valence-corrected chi connectivity index (χ2v) is 9.00. The molecule has 0 spiro atoms. The summed E-state index contributed by atoms with van der Waals surface area (Å²) in [5.74, 6) is 0.997. The Kier molecular flexibility index (Phi) is 7.16. The summed E-state index contributed by atoms with van der Waals surface area (Å²) in [6.45, 7) is 2.76. The Morgan fingerprint density at radius 3 is 2.39 bits per heavy atom. The molecule has 184 valence electrons. The quantitative estimate of drug-likeness (QED) is 0.393. The molecule has 3 N–H and O–H groups in total. The molecule has 1 saturated heterocycles. The van der Waals surface area contributed by atoms with Crippen LogP contribution in [0.1, 0.15) is 17.0 Å². The number of nitrogens with zero attached hydrogens (tertiary/aromatic N) is 4. The van der Waals surface area contributed by atoms with Gasteiger partial charge in [-0.25, -0.2) is 4.98 Å². The van der Waals surface area contributed by atoms with E-state index in [1.54, 1.807) is 0 Å². The summed E-state index contributed by atoms with van der Waals surface area (Å²) < 4.78 is 5.50. The number of rotatable bonds is 8. The zero-order valence-corrected chi connectivity index (χ0v) is 20.0. The average Bonchev–Trinajstić information content (AvgIpc) is 2.92. The zero-order chi connectivity index (χ0) is 24.9. The van der Waals surface area contributed by atoms with Gasteiger partial charge in [0.2, 0.25) is 5.95 Å². The topological polar surface area (TPSA) is 114 Å². The van der Waals surface area contributed by atoms with Crippen LogP contribution in [0.3, 0.4) is 0 Å². The molecule has 3 aromatic carbocycles. The molecule has 1 aliphatic heterocycles. The molecule has 36 heavy (non-hydrogen) atoms. The van der Waals surface area contributed by atoms with Crippen molar-refractivity contribution in [3.8, 4) is 11.4 Å². The molecule has 1 atom stereocenters. The number of hydrogen-bond acceptors (Lipinski definition) is 7. The van der Waals surface area contributed by atoms with Crippen molar-refractivity contribution < 1.29 is 14.6 Å². The maximum absolute atomic E-state index is 11.1. The Balaban J connectivity index is 1.40. The minimum absolute atomic E-state index is 0.267.